The van der Waals surface area contributed by atoms with E-state index >= 15 is 0 Å². The van der Waals surface area contributed by atoms with E-state index in [9.17, 15) is 4.79 Å². The highest BCUT2D eigenvalue weighted by Crippen LogP contribution is 2.40. The molecule has 1 N–H and O–H groups in total. The number of hydrogen-bond donors (Lipinski definition) is 1. The summed E-state index contributed by atoms with van der Waals surface area (Å²) < 4.78 is 1.04. The first-order valence-corrected chi connectivity index (χ1v) is 11.0. The van der Waals surface area contributed by atoms with Crippen LogP contribution in [0.3, 0.4) is 0 Å². The van der Waals surface area contributed by atoms with Crippen molar-refractivity contribution in [1.29, 1.82) is 0 Å². The Balaban J connectivity index is 1.71. The standard InChI is InChI=1S/C27H20N2OS/c30-26(29-23-16-17-24-25(18-23)31-19-28-24)27(20-10-4-1-5-11-20,21-12-6-2-7-13-21)22-14-8-3-9-15-22/h1-19H,(H,29,30). The molecule has 0 bridgehead atoms. The van der Waals surface area contributed by atoms with E-state index < -0.39 is 5.41 Å². The van der Waals surface area contributed by atoms with Gasteiger partial charge in [0.05, 0.1) is 15.7 Å². The van der Waals surface area contributed by atoms with Gasteiger partial charge in [-0.15, -0.1) is 11.3 Å². The summed E-state index contributed by atoms with van der Waals surface area (Å²) in [5.41, 5.74) is 5.28. The monoisotopic (exact) mass is 420 g/mol. The Hall–Kier alpha value is -3.76. The predicted molar refractivity (Wildman–Crippen MR) is 127 cm³/mol. The van der Waals surface area contributed by atoms with Crippen LogP contribution >= 0.6 is 11.3 Å². The van der Waals surface area contributed by atoms with Crippen LogP contribution in [0.4, 0.5) is 5.69 Å². The van der Waals surface area contributed by atoms with Gasteiger partial charge in [0.25, 0.3) is 0 Å². The average molecular weight is 421 g/mol. The molecular formula is C27H20N2OS. The number of carbonyl (C=O) groups is 1. The van der Waals surface area contributed by atoms with Crippen molar-refractivity contribution in [1.82, 2.24) is 4.98 Å². The summed E-state index contributed by atoms with van der Waals surface area (Å²) in [7, 11) is 0. The van der Waals surface area contributed by atoms with Crippen molar-refractivity contribution in [2.45, 2.75) is 5.41 Å². The number of anilines is 1. The summed E-state index contributed by atoms with van der Waals surface area (Å²) in [5.74, 6) is -0.0973. The fraction of sp³-hybridized carbons (Fsp3) is 0.0370. The minimum atomic E-state index is -0.994. The third-order valence-electron chi connectivity index (χ3n) is 5.55. The molecule has 0 aliphatic heterocycles. The zero-order chi connectivity index (χ0) is 21.1. The van der Waals surface area contributed by atoms with Crippen LogP contribution in [0.25, 0.3) is 10.2 Å². The van der Waals surface area contributed by atoms with E-state index in [0.29, 0.717) is 0 Å². The van der Waals surface area contributed by atoms with Crippen LogP contribution in [-0.2, 0) is 10.2 Å². The highest BCUT2D eigenvalue weighted by Gasteiger charge is 2.43. The molecule has 5 aromatic rings. The molecule has 31 heavy (non-hydrogen) atoms. The number of hydrogen-bond acceptors (Lipinski definition) is 3. The molecule has 0 aliphatic carbocycles. The second kappa shape index (κ2) is 8.17. The lowest BCUT2D eigenvalue weighted by Gasteiger charge is -2.34. The minimum absolute atomic E-state index is 0.0973. The minimum Gasteiger partial charge on any atom is -0.325 e. The molecule has 0 spiro atoms. The highest BCUT2D eigenvalue weighted by molar-refractivity contribution is 7.16. The van der Waals surface area contributed by atoms with Gasteiger partial charge in [0, 0.05) is 5.69 Å². The number of thiazole rings is 1. The summed E-state index contributed by atoms with van der Waals surface area (Å²) in [6.45, 7) is 0. The van der Waals surface area contributed by atoms with E-state index in [2.05, 4.69) is 10.3 Å². The lowest BCUT2D eigenvalue weighted by Crippen LogP contribution is -2.42. The van der Waals surface area contributed by atoms with Gasteiger partial charge in [0.15, 0.2) is 0 Å². The molecule has 0 fully saturated rings. The average Bonchev–Trinajstić information content (AvgIpc) is 3.30. The van der Waals surface area contributed by atoms with Crippen LogP contribution in [0, 0.1) is 0 Å². The van der Waals surface area contributed by atoms with Crippen molar-refractivity contribution in [3.05, 3.63) is 131 Å². The molecule has 4 heteroatoms. The van der Waals surface area contributed by atoms with Crippen LogP contribution in [0.1, 0.15) is 16.7 Å². The van der Waals surface area contributed by atoms with Crippen LogP contribution < -0.4 is 5.32 Å². The molecule has 1 heterocycles. The van der Waals surface area contributed by atoms with Gasteiger partial charge in [0.2, 0.25) is 5.91 Å². The smallest absolute Gasteiger partial charge is 0.244 e. The first kappa shape index (κ1) is 19.2. The number of aromatic nitrogens is 1. The van der Waals surface area contributed by atoms with E-state index in [0.717, 1.165) is 32.6 Å². The molecule has 150 valence electrons. The lowest BCUT2D eigenvalue weighted by atomic mass is 9.68. The van der Waals surface area contributed by atoms with E-state index in [4.69, 9.17) is 0 Å². The third-order valence-corrected chi connectivity index (χ3v) is 6.34. The quantitative estimate of drug-likeness (QED) is 0.341. The van der Waals surface area contributed by atoms with Crippen molar-refractivity contribution in [3.8, 4) is 0 Å². The molecule has 5 rings (SSSR count). The van der Waals surface area contributed by atoms with Gasteiger partial charge in [-0.25, -0.2) is 4.98 Å². The molecule has 4 aromatic carbocycles. The first-order valence-electron chi connectivity index (χ1n) is 10.1. The lowest BCUT2D eigenvalue weighted by molar-refractivity contribution is -0.119. The van der Waals surface area contributed by atoms with Crippen LogP contribution in [0.2, 0.25) is 0 Å². The van der Waals surface area contributed by atoms with Gasteiger partial charge in [-0.05, 0) is 34.9 Å². The van der Waals surface area contributed by atoms with E-state index in [1.807, 2.05) is 115 Å². The van der Waals surface area contributed by atoms with Crippen molar-refractivity contribution in [2.24, 2.45) is 0 Å². The second-order valence-electron chi connectivity index (χ2n) is 7.34. The Kier molecular flexibility index (Phi) is 5.06. The predicted octanol–water partition coefficient (Wildman–Crippen LogP) is 6.27. The number of carbonyl (C=O) groups excluding carboxylic acids is 1. The zero-order valence-electron chi connectivity index (χ0n) is 16.7. The first-order chi connectivity index (χ1) is 15.3. The maximum Gasteiger partial charge on any atom is 0.244 e. The van der Waals surface area contributed by atoms with Crippen molar-refractivity contribution in [2.75, 3.05) is 5.32 Å². The fourth-order valence-electron chi connectivity index (χ4n) is 4.12. The Bertz CT molecular complexity index is 1220. The number of amides is 1. The molecule has 0 aliphatic rings. The Morgan fingerprint density at radius 2 is 1.23 bits per heavy atom. The van der Waals surface area contributed by atoms with E-state index in [1.54, 1.807) is 11.3 Å². The summed E-state index contributed by atoms with van der Waals surface area (Å²) in [4.78, 5) is 18.5. The molecule has 0 saturated carbocycles. The molecule has 1 amide bonds. The second-order valence-corrected chi connectivity index (χ2v) is 8.22. The normalized spacial score (nSPS) is 11.4. The van der Waals surface area contributed by atoms with Gasteiger partial charge in [-0.1, -0.05) is 91.0 Å². The SMILES string of the molecule is O=C(Nc1ccc2ncsc2c1)C(c1ccccc1)(c1ccccc1)c1ccccc1. The van der Waals surface area contributed by atoms with Gasteiger partial charge in [0.1, 0.15) is 5.41 Å². The maximum atomic E-state index is 14.2. The van der Waals surface area contributed by atoms with E-state index in [-0.39, 0.29) is 5.91 Å². The molecule has 1 aromatic heterocycles. The fourth-order valence-corrected chi connectivity index (χ4v) is 4.83. The molecule has 0 radical (unpaired) electrons. The number of benzene rings is 4. The number of fused-ring (bicyclic) bond motifs is 1. The van der Waals surface area contributed by atoms with E-state index in [1.165, 1.54) is 0 Å². The zero-order valence-corrected chi connectivity index (χ0v) is 17.5. The van der Waals surface area contributed by atoms with Gasteiger partial charge in [-0.2, -0.15) is 0 Å². The summed E-state index contributed by atoms with van der Waals surface area (Å²) >= 11 is 1.56. The largest absolute Gasteiger partial charge is 0.325 e. The Morgan fingerprint density at radius 1 is 0.710 bits per heavy atom. The summed E-state index contributed by atoms with van der Waals surface area (Å²) in [5, 5.41) is 3.20. The van der Waals surface area contributed by atoms with Crippen LogP contribution in [0.15, 0.2) is 115 Å². The van der Waals surface area contributed by atoms with Crippen molar-refractivity contribution < 1.29 is 4.79 Å². The van der Waals surface area contributed by atoms with Crippen molar-refractivity contribution in [3.63, 3.8) is 0 Å². The molecule has 0 atom stereocenters. The van der Waals surface area contributed by atoms with Crippen LogP contribution in [-0.4, -0.2) is 10.9 Å². The molecule has 0 saturated heterocycles. The molecular weight excluding hydrogens is 400 g/mol. The number of nitrogens with zero attached hydrogens (tertiary/aromatic N) is 1. The number of rotatable bonds is 5. The summed E-state index contributed by atoms with van der Waals surface area (Å²) in [6, 6.07) is 35.7. The molecule has 3 nitrogen and oxygen atoms in total. The van der Waals surface area contributed by atoms with Gasteiger partial charge in [-0.3, -0.25) is 4.79 Å². The number of nitrogens with one attached hydrogen (secondary N) is 1. The topological polar surface area (TPSA) is 42.0 Å². The highest BCUT2D eigenvalue weighted by atomic mass is 32.1. The van der Waals surface area contributed by atoms with Gasteiger partial charge >= 0.3 is 0 Å². The Labute approximate surface area is 185 Å². The van der Waals surface area contributed by atoms with Crippen LogP contribution in [0.5, 0.6) is 0 Å². The molecule has 0 unspecified atom stereocenters. The Morgan fingerprint density at radius 3 is 1.74 bits per heavy atom. The van der Waals surface area contributed by atoms with Gasteiger partial charge < -0.3 is 5.32 Å². The van der Waals surface area contributed by atoms with Crippen molar-refractivity contribution >= 4 is 33.1 Å². The maximum absolute atomic E-state index is 14.2. The third kappa shape index (κ3) is 3.41. The summed E-state index contributed by atoms with van der Waals surface area (Å²) in [6.07, 6.45) is 0.